The van der Waals surface area contributed by atoms with Crippen molar-refractivity contribution < 1.29 is 47.0 Å². The van der Waals surface area contributed by atoms with Gasteiger partial charge >= 0.3 is 11.9 Å². The molecule has 0 aliphatic carbocycles. The summed E-state index contributed by atoms with van der Waals surface area (Å²) in [6, 6.07) is 18.6. The fourth-order valence-corrected chi connectivity index (χ4v) is 9.07. The summed E-state index contributed by atoms with van der Waals surface area (Å²) in [7, 11) is 6.73. The Morgan fingerprint density at radius 1 is 0.580 bits per heavy atom. The Hall–Kier alpha value is -4.28. The Morgan fingerprint density at radius 2 is 1.00 bits per heavy atom. The van der Waals surface area contributed by atoms with Gasteiger partial charge < -0.3 is 37.4 Å². The molecule has 6 saturated heterocycles. The lowest BCUT2D eigenvalue weighted by molar-refractivity contribution is -0.958. The van der Waals surface area contributed by atoms with E-state index < -0.39 is 11.9 Å². The minimum Gasteiger partial charge on any atom is -0.497 e. The van der Waals surface area contributed by atoms with Gasteiger partial charge in [-0.15, -0.1) is 0 Å². The molecule has 0 saturated carbocycles. The van der Waals surface area contributed by atoms with Gasteiger partial charge in [-0.05, 0) is 54.6 Å². The van der Waals surface area contributed by atoms with Gasteiger partial charge in [0.1, 0.15) is 49.2 Å². The predicted molar refractivity (Wildman–Crippen MR) is 187 cm³/mol. The number of benzene rings is 3. The molecular weight excluding hydrogens is 636 g/mol. The van der Waals surface area contributed by atoms with E-state index in [1.807, 2.05) is 36.4 Å². The van der Waals surface area contributed by atoms with Gasteiger partial charge in [0.15, 0.2) is 12.2 Å². The van der Waals surface area contributed by atoms with Gasteiger partial charge in [0.2, 0.25) is 0 Å². The van der Waals surface area contributed by atoms with Crippen molar-refractivity contribution in [3.8, 4) is 23.0 Å². The number of carbonyl (C=O) groups excluding carboxylic acids is 2. The molecule has 6 aliphatic rings. The molecule has 4 bridgehead atoms. The zero-order valence-corrected chi connectivity index (χ0v) is 29.7. The molecule has 2 atom stereocenters. The first-order chi connectivity index (χ1) is 24.2. The molecule has 0 aromatic heterocycles. The van der Waals surface area contributed by atoms with Crippen molar-refractivity contribution in [1.29, 1.82) is 0 Å². The highest BCUT2D eigenvalue weighted by atomic mass is 16.6. The van der Waals surface area contributed by atoms with E-state index in [1.54, 1.807) is 52.7 Å². The van der Waals surface area contributed by atoms with Gasteiger partial charge in [-0.25, -0.2) is 9.59 Å². The maximum absolute atomic E-state index is 13.6. The Morgan fingerprint density at radius 3 is 1.38 bits per heavy atom. The third-order valence-electron chi connectivity index (χ3n) is 11.9. The molecule has 6 aliphatic heterocycles. The fourth-order valence-electron chi connectivity index (χ4n) is 9.07. The third kappa shape index (κ3) is 6.88. The molecule has 9 rings (SSSR count). The normalized spacial score (nSPS) is 28.1. The first kappa shape index (κ1) is 34.2. The zero-order chi connectivity index (χ0) is 34.9. The van der Waals surface area contributed by atoms with Crippen molar-refractivity contribution in [2.45, 2.75) is 51.0 Å². The van der Waals surface area contributed by atoms with Crippen LogP contribution in [0.5, 0.6) is 23.0 Å². The van der Waals surface area contributed by atoms with Crippen LogP contribution in [0.4, 0.5) is 0 Å². The van der Waals surface area contributed by atoms with E-state index in [4.69, 9.17) is 28.4 Å². The molecule has 6 heterocycles. The van der Waals surface area contributed by atoms with Crippen LogP contribution in [0.3, 0.4) is 0 Å². The van der Waals surface area contributed by atoms with Crippen LogP contribution in [0.25, 0.3) is 0 Å². The molecule has 10 heteroatoms. The highest BCUT2D eigenvalue weighted by Crippen LogP contribution is 2.41. The number of ether oxygens (including phenoxy) is 6. The Bertz CT molecular complexity index is 1590. The van der Waals surface area contributed by atoms with E-state index in [9.17, 15) is 9.59 Å². The van der Waals surface area contributed by atoms with E-state index in [0.717, 1.165) is 121 Å². The third-order valence-corrected chi connectivity index (χ3v) is 11.9. The van der Waals surface area contributed by atoms with Crippen LogP contribution in [0.15, 0.2) is 60.7 Å². The number of piperidine rings is 6. The summed E-state index contributed by atoms with van der Waals surface area (Å²) in [5.74, 6) is 3.18. The van der Waals surface area contributed by atoms with Crippen LogP contribution in [-0.2, 0) is 22.6 Å². The second kappa shape index (κ2) is 14.2. The predicted octanol–water partition coefficient (Wildman–Crippen LogP) is 5.65. The lowest BCUT2D eigenvalue weighted by Crippen LogP contribution is -2.63. The second-order valence-electron chi connectivity index (χ2n) is 14.8. The Kier molecular flexibility index (Phi) is 9.67. The number of methoxy groups -OCH3 is 4. The van der Waals surface area contributed by atoms with E-state index in [0.29, 0.717) is 23.0 Å². The molecular formula is C40H50N2O8+2. The minimum absolute atomic E-state index is 0.188. The minimum atomic E-state index is -0.393. The molecule has 266 valence electrons. The number of hydrogen-bond donors (Lipinski definition) is 0. The fraction of sp³-hybridized carbons (Fsp3) is 0.500. The summed E-state index contributed by atoms with van der Waals surface area (Å²) < 4.78 is 36.5. The smallest absolute Gasteiger partial charge is 0.338 e. The second-order valence-corrected chi connectivity index (χ2v) is 14.8. The molecule has 0 N–H and O–H groups in total. The van der Waals surface area contributed by atoms with E-state index in [1.165, 1.54) is 0 Å². The summed E-state index contributed by atoms with van der Waals surface area (Å²) in [5.41, 5.74) is 2.94. The first-order valence-electron chi connectivity index (χ1n) is 17.9. The summed E-state index contributed by atoms with van der Waals surface area (Å²) in [6.07, 6.45) is 3.64. The lowest BCUT2D eigenvalue weighted by Gasteiger charge is -2.52. The Labute approximate surface area is 294 Å². The van der Waals surface area contributed by atoms with Crippen LogP contribution < -0.4 is 18.9 Å². The zero-order valence-electron chi connectivity index (χ0n) is 29.7. The highest BCUT2D eigenvalue weighted by molar-refractivity contribution is 5.95. The van der Waals surface area contributed by atoms with Gasteiger partial charge in [0.05, 0.1) is 76.9 Å². The van der Waals surface area contributed by atoms with Crippen molar-refractivity contribution >= 4 is 11.9 Å². The molecule has 6 fully saturated rings. The van der Waals surface area contributed by atoms with Gasteiger partial charge in [0.25, 0.3) is 0 Å². The molecule has 0 amide bonds. The highest BCUT2D eigenvalue weighted by Gasteiger charge is 2.49. The molecule has 3 aromatic rings. The van der Waals surface area contributed by atoms with Crippen molar-refractivity contribution in [2.75, 3.05) is 67.7 Å². The standard InChI is InChI=1S/C40H50N2O8/c1-45-33-8-10-35(47-3)31(21-33)23-41-16-12-27(13-17-41)37(25-41)49-39(43)29-6-5-7-30(20-29)40(44)50-38-26-42(18-14-28(38)15-19-42)24-32-22-34(46-2)9-11-36(32)48-4/h5-11,20-22,27-28,37-38H,12-19,23-26H2,1-4H3/q+2. The van der Waals surface area contributed by atoms with Crippen LogP contribution in [-0.4, -0.2) is 101 Å². The van der Waals surface area contributed by atoms with Crippen molar-refractivity contribution in [3.05, 3.63) is 82.9 Å². The number of hydrogen-bond acceptors (Lipinski definition) is 8. The van der Waals surface area contributed by atoms with Crippen LogP contribution in [0.2, 0.25) is 0 Å². The Balaban J connectivity index is 1.00. The summed E-state index contributed by atoms with van der Waals surface area (Å²) in [5, 5.41) is 0. The van der Waals surface area contributed by atoms with Gasteiger partial charge in [-0.1, -0.05) is 6.07 Å². The monoisotopic (exact) mass is 686 g/mol. The van der Waals surface area contributed by atoms with E-state index >= 15 is 0 Å². The summed E-state index contributed by atoms with van der Waals surface area (Å²) >= 11 is 0. The molecule has 0 spiro atoms. The van der Waals surface area contributed by atoms with Crippen LogP contribution in [0, 0.1) is 11.8 Å². The average molecular weight is 687 g/mol. The number of fused-ring (bicyclic) bond motifs is 6. The molecule has 0 radical (unpaired) electrons. The van der Waals surface area contributed by atoms with Gasteiger partial charge in [-0.3, -0.25) is 0 Å². The summed E-state index contributed by atoms with van der Waals surface area (Å²) in [4.78, 5) is 27.2. The van der Waals surface area contributed by atoms with Crippen molar-refractivity contribution in [2.24, 2.45) is 11.8 Å². The van der Waals surface area contributed by atoms with E-state index in [-0.39, 0.29) is 12.2 Å². The maximum atomic E-state index is 13.6. The van der Waals surface area contributed by atoms with Crippen molar-refractivity contribution in [3.63, 3.8) is 0 Å². The summed E-state index contributed by atoms with van der Waals surface area (Å²) in [6.45, 7) is 7.23. The number of nitrogens with zero attached hydrogens (tertiary/aromatic N) is 2. The SMILES string of the molecule is COc1ccc(OC)c(C[N+]23CCC(CC2)C(OC(=O)c2cccc(C(=O)OC4C[N+]5(Cc6cc(OC)ccc6OC)CCC4CC5)c2)C3)c1. The quantitative estimate of drug-likeness (QED) is 0.179. The largest absolute Gasteiger partial charge is 0.497 e. The number of quaternary nitrogens is 2. The first-order valence-corrected chi connectivity index (χ1v) is 17.9. The molecule has 3 aromatic carbocycles. The van der Waals surface area contributed by atoms with Crippen molar-refractivity contribution in [1.82, 2.24) is 0 Å². The maximum Gasteiger partial charge on any atom is 0.338 e. The topological polar surface area (TPSA) is 89.5 Å². The lowest BCUT2D eigenvalue weighted by atomic mass is 9.82. The average Bonchev–Trinajstić information content (AvgIpc) is 3.15. The molecule has 10 nitrogen and oxygen atoms in total. The van der Waals surface area contributed by atoms with Gasteiger partial charge in [0, 0.05) is 37.5 Å². The number of esters is 2. The van der Waals surface area contributed by atoms with Crippen LogP contribution >= 0.6 is 0 Å². The number of carbonyl (C=O) groups is 2. The van der Waals surface area contributed by atoms with Crippen LogP contribution in [0.1, 0.15) is 57.5 Å². The molecule has 2 unspecified atom stereocenters. The number of rotatable bonds is 12. The van der Waals surface area contributed by atoms with Gasteiger partial charge in [-0.2, -0.15) is 0 Å². The molecule has 50 heavy (non-hydrogen) atoms. The van der Waals surface area contributed by atoms with E-state index in [2.05, 4.69) is 0 Å².